The first-order valence-electron chi connectivity index (χ1n) is 31.4. The third-order valence-electron chi connectivity index (χ3n) is 14.3. The molecule has 1 aliphatic rings. The van der Waals surface area contributed by atoms with E-state index < -0.39 is 67.4 Å². The van der Waals surface area contributed by atoms with Crippen LogP contribution in [0.5, 0.6) is 0 Å². The Morgan fingerprint density at radius 2 is 0.935 bits per heavy atom. The quantitative estimate of drug-likeness (QED) is 0.0195. The Labute approximate surface area is 470 Å². The zero-order valence-electron chi connectivity index (χ0n) is 49.1. The minimum atomic E-state index is -1.62. The molecule has 77 heavy (non-hydrogen) atoms. The molecule has 1 heterocycles. The van der Waals surface area contributed by atoms with Crippen LogP contribution in [0.15, 0.2) is 85.1 Å². The predicted molar refractivity (Wildman–Crippen MR) is 319 cm³/mol. The van der Waals surface area contributed by atoms with Gasteiger partial charge >= 0.3 is 5.97 Å². The van der Waals surface area contributed by atoms with Crippen LogP contribution in [0.3, 0.4) is 0 Å². The summed E-state index contributed by atoms with van der Waals surface area (Å²) in [5.41, 5.74) is 0. The van der Waals surface area contributed by atoms with E-state index in [9.17, 15) is 35.1 Å². The lowest BCUT2D eigenvalue weighted by Crippen LogP contribution is -2.61. The monoisotopic (exact) mass is 1080 g/mol. The number of unbranched alkanes of at least 4 members (excludes halogenated alkanes) is 26. The van der Waals surface area contributed by atoms with Crippen molar-refractivity contribution in [1.29, 1.82) is 0 Å². The Balaban J connectivity index is 2.67. The number of allylic oxidation sites excluding steroid dienone is 13. The van der Waals surface area contributed by atoms with Crippen molar-refractivity contribution in [2.24, 2.45) is 0 Å². The average molecular weight is 1080 g/mol. The summed E-state index contributed by atoms with van der Waals surface area (Å²) in [5.74, 6) is -1.21. The van der Waals surface area contributed by atoms with E-state index in [1.807, 2.05) is 6.08 Å². The Bertz CT molecular complexity index is 1570. The van der Waals surface area contributed by atoms with Crippen molar-refractivity contribution in [3.63, 3.8) is 0 Å². The van der Waals surface area contributed by atoms with Crippen molar-refractivity contribution in [2.75, 3.05) is 13.2 Å². The number of amides is 1. The Morgan fingerprint density at radius 3 is 1.40 bits per heavy atom. The van der Waals surface area contributed by atoms with Crippen molar-refractivity contribution in [1.82, 2.24) is 5.32 Å². The number of nitrogens with one attached hydrogen (secondary N) is 1. The Morgan fingerprint density at radius 1 is 0.519 bits per heavy atom. The Hall–Kier alpha value is -3.16. The summed E-state index contributed by atoms with van der Waals surface area (Å²) in [6, 6.07) is -1.03. The molecule has 1 saturated heterocycles. The molecule has 0 bridgehead atoms. The molecular formula is C66H115NO10. The van der Waals surface area contributed by atoms with E-state index in [1.165, 1.54) is 103 Å². The van der Waals surface area contributed by atoms with E-state index in [0.29, 0.717) is 12.8 Å². The lowest BCUT2D eigenvalue weighted by Gasteiger charge is -2.41. The van der Waals surface area contributed by atoms with Crippen molar-refractivity contribution in [3.05, 3.63) is 85.1 Å². The lowest BCUT2D eigenvalue weighted by atomic mass is 9.99. The van der Waals surface area contributed by atoms with Crippen molar-refractivity contribution < 1.29 is 49.3 Å². The van der Waals surface area contributed by atoms with Gasteiger partial charge in [0.2, 0.25) is 5.91 Å². The Kier molecular flexibility index (Phi) is 49.9. The first-order chi connectivity index (χ1) is 37.7. The number of ether oxygens (including phenoxy) is 3. The van der Waals surface area contributed by atoms with E-state index in [0.717, 1.165) is 109 Å². The van der Waals surface area contributed by atoms with Gasteiger partial charge in [0, 0.05) is 6.42 Å². The number of esters is 1. The topological polar surface area (TPSA) is 175 Å². The minimum Gasteiger partial charge on any atom is -0.454 e. The molecular weight excluding hydrogens is 967 g/mol. The molecule has 11 nitrogen and oxygen atoms in total. The highest BCUT2D eigenvalue weighted by Gasteiger charge is 2.47. The lowest BCUT2D eigenvalue weighted by molar-refractivity contribution is -0.305. The molecule has 0 aromatic rings. The van der Waals surface area contributed by atoms with Crippen LogP contribution in [0.2, 0.25) is 0 Å². The van der Waals surface area contributed by atoms with Crippen LogP contribution in [0.25, 0.3) is 0 Å². The smallest absolute Gasteiger partial charge is 0.306 e. The van der Waals surface area contributed by atoms with Gasteiger partial charge in [0.1, 0.15) is 24.4 Å². The van der Waals surface area contributed by atoms with Gasteiger partial charge in [-0.2, -0.15) is 0 Å². The maximum atomic E-state index is 13.4. The number of hydrogen-bond acceptors (Lipinski definition) is 10. The first-order valence-corrected chi connectivity index (χ1v) is 31.4. The van der Waals surface area contributed by atoms with Gasteiger partial charge in [-0.15, -0.1) is 0 Å². The molecule has 1 aliphatic heterocycles. The molecule has 0 spiro atoms. The van der Waals surface area contributed by atoms with Crippen LogP contribution in [-0.2, 0) is 23.8 Å². The van der Waals surface area contributed by atoms with E-state index in [-0.39, 0.29) is 19.4 Å². The van der Waals surface area contributed by atoms with Crippen LogP contribution in [-0.4, -0.2) is 99.6 Å². The molecule has 0 aromatic carbocycles. The summed E-state index contributed by atoms with van der Waals surface area (Å²) in [6.45, 7) is 5.65. The number of aliphatic hydroxyl groups excluding tert-OH is 5. The highest BCUT2D eigenvalue weighted by Crippen LogP contribution is 2.26. The SMILES string of the molecule is CC/C=C\C/C=C\C/C=C\C/C=C\C/C=C\C/C=C\CCCCCCCC(O)C(=O)NC(COC1OC(CO)C(O)C(O)C1OC(=O)CCCCCCCCCCCCC)C(O)/C=C/CCCCCCCCCCCCC. The minimum absolute atomic E-state index is 0.121. The summed E-state index contributed by atoms with van der Waals surface area (Å²) in [6.07, 6.45) is 59.1. The fourth-order valence-electron chi connectivity index (χ4n) is 9.36. The van der Waals surface area contributed by atoms with Gasteiger partial charge in [-0.05, 0) is 77.0 Å². The molecule has 0 aliphatic carbocycles. The van der Waals surface area contributed by atoms with Gasteiger partial charge in [-0.1, -0.05) is 260 Å². The number of hydrogen-bond donors (Lipinski definition) is 6. The summed E-state index contributed by atoms with van der Waals surface area (Å²) in [4.78, 5) is 26.5. The van der Waals surface area contributed by atoms with E-state index in [1.54, 1.807) is 6.08 Å². The highest BCUT2D eigenvalue weighted by atomic mass is 16.7. The van der Waals surface area contributed by atoms with Gasteiger partial charge in [-0.25, -0.2) is 0 Å². The molecule has 1 rings (SSSR count). The van der Waals surface area contributed by atoms with Crippen LogP contribution in [0, 0.1) is 0 Å². The first kappa shape index (κ1) is 71.9. The summed E-state index contributed by atoms with van der Waals surface area (Å²) < 4.78 is 17.6. The standard InChI is InChI=1S/C66H115NO10/c1-4-7-10-13-16-19-22-24-25-26-27-28-29-30-31-32-33-34-36-39-41-44-47-50-53-59(70)65(74)67-57(58(69)52-49-46-43-40-38-35-23-20-17-14-11-8-5-2)56-75-66-64(63(73)62(72)60(55-68)76-66)77-61(71)54-51-48-45-42-37-21-18-15-12-9-6-3/h7,10,16,19,24-25,27-28,30-31,33-34,49,52,57-60,62-64,66,68-70,72-73H,4-6,8-9,11-15,17-18,20-23,26,29,32,35-48,50-51,53-56H2,1-3H3,(H,67,74)/b10-7-,19-16-,25-24-,28-27-,31-30-,34-33-,52-49+. The summed E-state index contributed by atoms with van der Waals surface area (Å²) in [5, 5.41) is 56.9. The third-order valence-corrected chi connectivity index (χ3v) is 14.3. The zero-order chi connectivity index (χ0) is 56.1. The normalized spacial score (nSPS) is 19.6. The number of aliphatic hydroxyl groups is 5. The van der Waals surface area contributed by atoms with Gasteiger partial charge in [0.15, 0.2) is 12.4 Å². The predicted octanol–water partition coefficient (Wildman–Crippen LogP) is 14.9. The van der Waals surface area contributed by atoms with Crippen LogP contribution in [0.1, 0.15) is 258 Å². The van der Waals surface area contributed by atoms with Gasteiger partial charge in [0.05, 0.1) is 25.4 Å². The molecule has 11 heteroatoms. The number of carbonyl (C=O) groups is 2. The third kappa shape index (κ3) is 41.5. The largest absolute Gasteiger partial charge is 0.454 e. The summed E-state index contributed by atoms with van der Waals surface area (Å²) in [7, 11) is 0. The second kappa shape index (κ2) is 53.5. The second-order valence-electron chi connectivity index (χ2n) is 21.4. The molecule has 8 unspecified atom stereocenters. The van der Waals surface area contributed by atoms with Crippen molar-refractivity contribution in [2.45, 2.75) is 307 Å². The van der Waals surface area contributed by atoms with Crippen molar-refractivity contribution in [3.8, 4) is 0 Å². The number of carbonyl (C=O) groups excluding carboxylic acids is 2. The van der Waals surface area contributed by atoms with Crippen LogP contribution >= 0.6 is 0 Å². The maximum absolute atomic E-state index is 13.4. The zero-order valence-corrected chi connectivity index (χ0v) is 49.1. The molecule has 1 amide bonds. The molecule has 1 fully saturated rings. The molecule has 6 N–H and O–H groups in total. The molecule has 444 valence electrons. The summed E-state index contributed by atoms with van der Waals surface area (Å²) >= 11 is 0. The van der Waals surface area contributed by atoms with Crippen LogP contribution in [0.4, 0.5) is 0 Å². The fraction of sp³-hybridized carbons (Fsp3) is 0.758. The van der Waals surface area contributed by atoms with Crippen molar-refractivity contribution >= 4 is 11.9 Å². The maximum Gasteiger partial charge on any atom is 0.306 e. The fourth-order valence-corrected chi connectivity index (χ4v) is 9.36. The van der Waals surface area contributed by atoms with Gasteiger partial charge < -0.3 is 45.1 Å². The molecule has 8 atom stereocenters. The molecule has 0 radical (unpaired) electrons. The average Bonchev–Trinajstić information content (AvgIpc) is 3.43. The molecule has 0 saturated carbocycles. The van der Waals surface area contributed by atoms with E-state index in [4.69, 9.17) is 14.2 Å². The second-order valence-corrected chi connectivity index (χ2v) is 21.4. The van der Waals surface area contributed by atoms with Gasteiger partial charge in [0.25, 0.3) is 0 Å². The van der Waals surface area contributed by atoms with E-state index >= 15 is 0 Å². The van der Waals surface area contributed by atoms with E-state index in [2.05, 4.69) is 99.0 Å². The number of rotatable bonds is 52. The van der Waals surface area contributed by atoms with Gasteiger partial charge in [-0.3, -0.25) is 9.59 Å². The highest BCUT2D eigenvalue weighted by molar-refractivity contribution is 5.80. The molecule has 0 aromatic heterocycles. The van der Waals surface area contributed by atoms with Crippen LogP contribution < -0.4 is 5.32 Å².